The molecule has 70 valence electrons. The lowest BCUT2D eigenvalue weighted by Gasteiger charge is -2.03. The molecule has 0 aromatic heterocycles. The third-order valence-electron chi connectivity index (χ3n) is 1.64. The molecular weight excluding hydrogens is 177 g/mol. The molecule has 0 amide bonds. The number of aryl methyl sites for hydroxylation is 1. The SMILES string of the molecule is Cc1cc(NN)c(F)cc1[N+](=O)[O-]. The molecule has 0 aliphatic rings. The van der Waals surface area contributed by atoms with E-state index in [9.17, 15) is 14.5 Å². The number of nitro benzene ring substituents is 1. The maximum Gasteiger partial charge on any atom is 0.275 e. The Labute approximate surface area is 73.5 Å². The molecule has 0 heterocycles. The third kappa shape index (κ3) is 1.73. The maximum absolute atomic E-state index is 12.9. The maximum atomic E-state index is 12.9. The Hall–Kier alpha value is -1.69. The average Bonchev–Trinajstić information content (AvgIpc) is 2.07. The predicted octanol–water partition coefficient (Wildman–Crippen LogP) is 1.33. The topological polar surface area (TPSA) is 81.2 Å². The van der Waals surface area contributed by atoms with Crippen molar-refractivity contribution in [3.63, 3.8) is 0 Å². The summed E-state index contributed by atoms with van der Waals surface area (Å²) in [6, 6.07) is 2.12. The highest BCUT2D eigenvalue weighted by molar-refractivity contribution is 5.54. The summed E-state index contributed by atoms with van der Waals surface area (Å²) in [6.45, 7) is 1.51. The van der Waals surface area contributed by atoms with Crippen LogP contribution >= 0.6 is 0 Å². The molecule has 0 aliphatic heterocycles. The van der Waals surface area contributed by atoms with Gasteiger partial charge in [-0.15, -0.1) is 0 Å². The predicted molar refractivity (Wildman–Crippen MR) is 45.6 cm³/mol. The van der Waals surface area contributed by atoms with Crippen molar-refractivity contribution in [2.45, 2.75) is 6.92 Å². The van der Waals surface area contributed by atoms with Gasteiger partial charge in [-0.1, -0.05) is 0 Å². The van der Waals surface area contributed by atoms with Crippen molar-refractivity contribution in [1.29, 1.82) is 0 Å². The minimum atomic E-state index is -0.736. The molecule has 13 heavy (non-hydrogen) atoms. The van der Waals surface area contributed by atoms with Gasteiger partial charge in [-0.05, 0) is 13.0 Å². The van der Waals surface area contributed by atoms with Crippen LogP contribution in [0.4, 0.5) is 15.8 Å². The van der Waals surface area contributed by atoms with Crippen molar-refractivity contribution in [3.05, 3.63) is 33.6 Å². The number of nitrogens with one attached hydrogen (secondary N) is 1. The molecule has 0 radical (unpaired) electrons. The Kier molecular flexibility index (Phi) is 2.43. The quantitative estimate of drug-likeness (QED) is 0.413. The minimum absolute atomic E-state index is 0.0445. The van der Waals surface area contributed by atoms with Crippen LogP contribution in [0, 0.1) is 22.9 Å². The fourth-order valence-electron chi connectivity index (χ4n) is 0.978. The summed E-state index contributed by atoms with van der Waals surface area (Å²) in [6.07, 6.45) is 0. The first kappa shape index (κ1) is 9.40. The van der Waals surface area contributed by atoms with E-state index in [1.165, 1.54) is 13.0 Å². The summed E-state index contributed by atoms with van der Waals surface area (Å²) in [7, 11) is 0. The van der Waals surface area contributed by atoms with Gasteiger partial charge in [0.2, 0.25) is 0 Å². The summed E-state index contributed by atoms with van der Waals surface area (Å²) < 4.78 is 12.9. The van der Waals surface area contributed by atoms with Crippen LogP contribution in [0.2, 0.25) is 0 Å². The van der Waals surface area contributed by atoms with Crippen molar-refractivity contribution >= 4 is 11.4 Å². The van der Waals surface area contributed by atoms with E-state index in [-0.39, 0.29) is 11.4 Å². The Balaban J connectivity index is 3.28. The molecule has 0 aliphatic carbocycles. The zero-order chi connectivity index (χ0) is 10.0. The molecule has 1 aromatic carbocycles. The lowest BCUT2D eigenvalue weighted by Crippen LogP contribution is -2.09. The van der Waals surface area contributed by atoms with Crippen LogP contribution in [0.5, 0.6) is 0 Å². The molecule has 0 bridgehead atoms. The van der Waals surface area contributed by atoms with Gasteiger partial charge in [-0.3, -0.25) is 16.0 Å². The second kappa shape index (κ2) is 3.36. The number of nitrogens with two attached hydrogens (primary N) is 1. The standard InChI is InChI=1S/C7H8FN3O2/c1-4-2-6(10-9)5(8)3-7(4)11(12)13/h2-3,10H,9H2,1H3. The molecular formula is C7H8FN3O2. The number of benzene rings is 1. The van der Waals surface area contributed by atoms with Crippen molar-refractivity contribution in [2.24, 2.45) is 5.84 Å². The lowest BCUT2D eigenvalue weighted by atomic mass is 10.2. The van der Waals surface area contributed by atoms with Crippen molar-refractivity contribution in [1.82, 2.24) is 0 Å². The van der Waals surface area contributed by atoms with E-state index in [1.807, 2.05) is 0 Å². The van der Waals surface area contributed by atoms with Gasteiger partial charge in [0.05, 0.1) is 16.7 Å². The van der Waals surface area contributed by atoms with E-state index in [4.69, 9.17) is 5.84 Å². The van der Waals surface area contributed by atoms with Crippen LogP contribution in [0.15, 0.2) is 12.1 Å². The van der Waals surface area contributed by atoms with Crippen LogP contribution in [0.25, 0.3) is 0 Å². The van der Waals surface area contributed by atoms with Crippen LogP contribution in [0.3, 0.4) is 0 Å². The van der Waals surface area contributed by atoms with E-state index in [1.54, 1.807) is 0 Å². The molecule has 0 saturated heterocycles. The first-order valence-corrected chi connectivity index (χ1v) is 3.47. The molecule has 0 saturated carbocycles. The molecule has 0 spiro atoms. The van der Waals surface area contributed by atoms with Gasteiger partial charge in [0, 0.05) is 5.56 Å². The van der Waals surface area contributed by atoms with Crippen molar-refractivity contribution in [3.8, 4) is 0 Å². The second-order valence-electron chi connectivity index (χ2n) is 2.52. The average molecular weight is 185 g/mol. The van der Waals surface area contributed by atoms with E-state index in [0.29, 0.717) is 5.56 Å². The van der Waals surface area contributed by atoms with Crippen LogP contribution < -0.4 is 11.3 Å². The number of halogens is 1. The van der Waals surface area contributed by atoms with E-state index >= 15 is 0 Å². The van der Waals surface area contributed by atoms with E-state index < -0.39 is 10.7 Å². The molecule has 3 N–H and O–H groups in total. The Morgan fingerprint density at radius 1 is 1.62 bits per heavy atom. The highest BCUT2D eigenvalue weighted by atomic mass is 19.1. The number of nitro groups is 1. The molecule has 0 unspecified atom stereocenters. The summed E-state index contributed by atoms with van der Waals surface area (Å²) in [4.78, 5) is 9.72. The van der Waals surface area contributed by atoms with Crippen molar-refractivity contribution < 1.29 is 9.31 Å². The first-order valence-electron chi connectivity index (χ1n) is 3.47. The van der Waals surface area contributed by atoms with E-state index in [2.05, 4.69) is 5.43 Å². The highest BCUT2D eigenvalue weighted by Crippen LogP contribution is 2.24. The smallest absolute Gasteiger partial charge is 0.275 e. The number of nitrogen functional groups attached to an aromatic ring is 1. The fourth-order valence-corrected chi connectivity index (χ4v) is 0.978. The number of anilines is 1. The Morgan fingerprint density at radius 2 is 2.23 bits per heavy atom. The fraction of sp³-hybridized carbons (Fsp3) is 0.143. The number of hydrazine groups is 1. The largest absolute Gasteiger partial charge is 0.321 e. The highest BCUT2D eigenvalue weighted by Gasteiger charge is 2.14. The van der Waals surface area contributed by atoms with Gasteiger partial charge < -0.3 is 5.43 Å². The van der Waals surface area contributed by atoms with Crippen LogP contribution in [-0.4, -0.2) is 4.92 Å². The number of nitrogens with zero attached hydrogens (tertiary/aromatic N) is 1. The molecule has 6 heteroatoms. The molecule has 0 fully saturated rings. The zero-order valence-corrected chi connectivity index (χ0v) is 6.87. The Bertz CT molecular complexity index is 354. The van der Waals surface area contributed by atoms with Gasteiger partial charge in [-0.2, -0.15) is 0 Å². The van der Waals surface area contributed by atoms with Crippen LogP contribution in [-0.2, 0) is 0 Å². The number of hydrogen-bond donors (Lipinski definition) is 2. The number of hydrogen-bond acceptors (Lipinski definition) is 4. The van der Waals surface area contributed by atoms with Gasteiger partial charge in [0.15, 0.2) is 5.82 Å². The van der Waals surface area contributed by atoms with Gasteiger partial charge in [0.25, 0.3) is 5.69 Å². The normalized spacial score (nSPS) is 9.77. The third-order valence-corrected chi connectivity index (χ3v) is 1.64. The monoisotopic (exact) mass is 185 g/mol. The van der Waals surface area contributed by atoms with Gasteiger partial charge >= 0.3 is 0 Å². The summed E-state index contributed by atoms with van der Waals surface area (Å²) in [5.74, 6) is 4.25. The first-order chi connectivity index (χ1) is 6.06. The summed E-state index contributed by atoms with van der Waals surface area (Å²) in [5, 5.41) is 10.4. The number of rotatable bonds is 2. The molecule has 1 rings (SSSR count). The minimum Gasteiger partial charge on any atom is -0.321 e. The van der Waals surface area contributed by atoms with Gasteiger partial charge in [0.1, 0.15) is 0 Å². The zero-order valence-electron chi connectivity index (χ0n) is 6.87. The Morgan fingerprint density at radius 3 is 2.69 bits per heavy atom. The van der Waals surface area contributed by atoms with Crippen molar-refractivity contribution in [2.75, 3.05) is 5.43 Å². The summed E-state index contributed by atoms with van der Waals surface area (Å²) in [5.41, 5.74) is 2.26. The molecule has 5 nitrogen and oxygen atoms in total. The second-order valence-corrected chi connectivity index (χ2v) is 2.52. The molecule has 0 atom stereocenters. The summed E-state index contributed by atoms with van der Waals surface area (Å²) >= 11 is 0. The lowest BCUT2D eigenvalue weighted by molar-refractivity contribution is -0.385. The van der Waals surface area contributed by atoms with E-state index in [0.717, 1.165) is 6.07 Å². The van der Waals surface area contributed by atoms with Gasteiger partial charge in [-0.25, -0.2) is 4.39 Å². The molecule has 1 aromatic rings. The van der Waals surface area contributed by atoms with Crippen LogP contribution in [0.1, 0.15) is 5.56 Å².